The minimum absolute atomic E-state index is 0.897. The summed E-state index contributed by atoms with van der Waals surface area (Å²) >= 11 is 0. The van der Waals surface area contributed by atoms with E-state index in [4.69, 9.17) is 5.11 Å². The fourth-order valence-electron chi connectivity index (χ4n) is 1.27. The standard InChI is InChI=1S/C18H24O/c1-2-3-4-5-6-7-8-9-10-11-12-13-14-15-16-17-18-19/h2-4,6-7,9-10,12-13,15-19H,1,5,8,11,14H2. The van der Waals surface area contributed by atoms with Crippen LogP contribution in [0, 0.1) is 0 Å². The van der Waals surface area contributed by atoms with E-state index in [9.17, 15) is 0 Å². The van der Waals surface area contributed by atoms with Crippen LogP contribution in [0.2, 0.25) is 0 Å². The Hall–Kier alpha value is -2.02. The van der Waals surface area contributed by atoms with Crippen LogP contribution in [0.5, 0.6) is 0 Å². The normalized spacial score (nSPS) is 13.3. The Morgan fingerprint density at radius 1 is 0.579 bits per heavy atom. The van der Waals surface area contributed by atoms with Gasteiger partial charge in [-0.2, -0.15) is 0 Å². The molecule has 0 atom stereocenters. The minimum atomic E-state index is 0.897. The smallest absolute Gasteiger partial charge is 0.0791 e. The third-order valence-electron chi connectivity index (χ3n) is 2.19. The number of hydrogen-bond donors (Lipinski definition) is 1. The molecular weight excluding hydrogens is 232 g/mol. The van der Waals surface area contributed by atoms with Gasteiger partial charge in [-0.1, -0.05) is 73.4 Å². The SMILES string of the molecule is C=CC=CCC=CCC=CCC=CCC=CC=CO. The largest absolute Gasteiger partial charge is 0.516 e. The van der Waals surface area contributed by atoms with Gasteiger partial charge in [-0.3, -0.25) is 0 Å². The van der Waals surface area contributed by atoms with Crippen LogP contribution in [-0.2, 0) is 0 Å². The molecule has 0 saturated carbocycles. The van der Waals surface area contributed by atoms with E-state index in [2.05, 4.69) is 49.1 Å². The number of aliphatic hydroxyl groups excluding tert-OH is 1. The maximum Gasteiger partial charge on any atom is 0.0791 e. The lowest BCUT2D eigenvalue weighted by atomic mass is 10.2. The Morgan fingerprint density at radius 2 is 1.00 bits per heavy atom. The first-order chi connectivity index (χ1) is 9.41. The summed E-state index contributed by atoms with van der Waals surface area (Å²) in [6, 6.07) is 0. The summed E-state index contributed by atoms with van der Waals surface area (Å²) in [5.74, 6) is 0. The van der Waals surface area contributed by atoms with Crippen molar-refractivity contribution in [2.24, 2.45) is 0 Å². The second kappa shape index (κ2) is 16.0. The summed E-state index contributed by atoms with van der Waals surface area (Å²) in [4.78, 5) is 0. The lowest BCUT2D eigenvalue weighted by Crippen LogP contribution is -1.63. The molecule has 0 fully saturated rings. The quantitative estimate of drug-likeness (QED) is 0.307. The molecule has 0 rings (SSSR count). The fourth-order valence-corrected chi connectivity index (χ4v) is 1.27. The van der Waals surface area contributed by atoms with Crippen LogP contribution in [0.1, 0.15) is 25.7 Å². The van der Waals surface area contributed by atoms with Gasteiger partial charge in [0.1, 0.15) is 0 Å². The molecular formula is C18H24O. The average Bonchev–Trinajstić information content (AvgIpc) is 2.43. The van der Waals surface area contributed by atoms with Gasteiger partial charge in [0.2, 0.25) is 0 Å². The van der Waals surface area contributed by atoms with E-state index in [0.717, 1.165) is 31.9 Å². The molecule has 1 nitrogen and oxygen atoms in total. The summed E-state index contributed by atoms with van der Waals surface area (Å²) < 4.78 is 0. The third-order valence-corrected chi connectivity index (χ3v) is 2.19. The first-order valence-electron chi connectivity index (χ1n) is 6.60. The molecule has 102 valence electrons. The van der Waals surface area contributed by atoms with Crippen molar-refractivity contribution in [3.05, 3.63) is 85.8 Å². The molecule has 0 unspecified atom stereocenters. The molecule has 0 aromatic rings. The Kier molecular flexibility index (Phi) is 14.3. The van der Waals surface area contributed by atoms with Crippen LogP contribution in [0.15, 0.2) is 85.8 Å². The highest BCUT2D eigenvalue weighted by molar-refractivity contribution is 5.04. The number of aliphatic hydroxyl groups is 1. The molecule has 0 spiro atoms. The highest BCUT2D eigenvalue weighted by Gasteiger charge is 1.74. The zero-order valence-electron chi connectivity index (χ0n) is 11.5. The van der Waals surface area contributed by atoms with Crippen molar-refractivity contribution in [3.8, 4) is 0 Å². The number of hydrogen-bond acceptors (Lipinski definition) is 1. The van der Waals surface area contributed by atoms with Crippen LogP contribution in [0.3, 0.4) is 0 Å². The highest BCUT2D eigenvalue weighted by atomic mass is 16.2. The summed E-state index contributed by atoms with van der Waals surface area (Å²) in [7, 11) is 0. The molecule has 0 saturated heterocycles. The van der Waals surface area contributed by atoms with Crippen molar-refractivity contribution in [2.75, 3.05) is 0 Å². The zero-order chi connectivity index (χ0) is 14.0. The second-order valence-electron chi connectivity index (χ2n) is 3.79. The maximum absolute atomic E-state index is 8.40. The fraction of sp³-hybridized carbons (Fsp3) is 0.222. The van der Waals surface area contributed by atoms with E-state index in [-0.39, 0.29) is 0 Å². The van der Waals surface area contributed by atoms with E-state index in [1.807, 2.05) is 18.2 Å². The monoisotopic (exact) mass is 256 g/mol. The van der Waals surface area contributed by atoms with E-state index in [1.165, 1.54) is 0 Å². The van der Waals surface area contributed by atoms with Crippen LogP contribution < -0.4 is 0 Å². The van der Waals surface area contributed by atoms with Crippen molar-refractivity contribution in [3.63, 3.8) is 0 Å². The lowest BCUT2D eigenvalue weighted by molar-refractivity contribution is 0.473. The summed E-state index contributed by atoms with van der Waals surface area (Å²) in [6.45, 7) is 3.62. The van der Waals surface area contributed by atoms with Gasteiger partial charge >= 0.3 is 0 Å². The van der Waals surface area contributed by atoms with E-state index >= 15 is 0 Å². The van der Waals surface area contributed by atoms with Crippen molar-refractivity contribution in [1.82, 2.24) is 0 Å². The molecule has 0 aliphatic carbocycles. The summed E-state index contributed by atoms with van der Waals surface area (Å²) in [5.41, 5.74) is 0. The molecule has 0 aromatic heterocycles. The van der Waals surface area contributed by atoms with Gasteiger partial charge < -0.3 is 5.11 Å². The van der Waals surface area contributed by atoms with Gasteiger partial charge in [-0.25, -0.2) is 0 Å². The topological polar surface area (TPSA) is 20.2 Å². The van der Waals surface area contributed by atoms with Crippen LogP contribution in [0.25, 0.3) is 0 Å². The molecule has 0 aliphatic heterocycles. The van der Waals surface area contributed by atoms with Crippen molar-refractivity contribution < 1.29 is 5.11 Å². The van der Waals surface area contributed by atoms with Gasteiger partial charge in [0.25, 0.3) is 0 Å². The first-order valence-corrected chi connectivity index (χ1v) is 6.60. The molecule has 1 N–H and O–H groups in total. The van der Waals surface area contributed by atoms with E-state index < -0.39 is 0 Å². The van der Waals surface area contributed by atoms with Gasteiger partial charge in [0.15, 0.2) is 0 Å². The third kappa shape index (κ3) is 16.0. The van der Waals surface area contributed by atoms with Gasteiger partial charge in [0, 0.05) is 0 Å². The Bertz CT molecular complexity index is 365. The van der Waals surface area contributed by atoms with Crippen LogP contribution >= 0.6 is 0 Å². The van der Waals surface area contributed by atoms with Crippen molar-refractivity contribution in [1.29, 1.82) is 0 Å². The van der Waals surface area contributed by atoms with Crippen molar-refractivity contribution >= 4 is 0 Å². The highest BCUT2D eigenvalue weighted by Crippen LogP contribution is 1.95. The molecule has 0 radical (unpaired) electrons. The Morgan fingerprint density at radius 3 is 1.42 bits per heavy atom. The Labute approximate surface area is 117 Å². The maximum atomic E-state index is 8.40. The molecule has 19 heavy (non-hydrogen) atoms. The van der Waals surface area contributed by atoms with Gasteiger partial charge in [0.05, 0.1) is 6.26 Å². The molecule has 0 bridgehead atoms. The predicted octanol–water partition coefficient (Wildman–Crippen LogP) is 5.59. The molecule has 0 heterocycles. The summed E-state index contributed by atoms with van der Waals surface area (Å²) in [5, 5.41) is 8.40. The molecule has 0 aliphatic rings. The average molecular weight is 256 g/mol. The predicted molar refractivity (Wildman–Crippen MR) is 86.1 cm³/mol. The minimum Gasteiger partial charge on any atom is -0.516 e. The molecule has 1 heteroatoms. The van der Waals surface area contributed by atoms with E-state index in [1.54, 1.807) is 12.2 Å². The zero-order valence-corrected chi connectivity index (χ0v) is 11.5. The number of rotatable bonds is 10. The van der Waals surface area contributed by atoms with Crippen LogP contribution in [-0.4, -0.2) is 5.11 Å². The van der Waals surface area contributed by atoms with Crippen LogP contribution in [0.4, 0.5) is 0 Å². The van der Waals surface area contributed by atoms with E-state index in [0.29, 0.717) is 0 Å². The second-order valence-corrected chi connectivity index (χ2v) is 3.79. The summed E-state index contributed by atoms with van der Waals surface area (Å²) in [6.07, 6.45) is 29.0. The lowest BCUT2D eigenvalue weighted by Gasteiger charge is -1.84. The Balaban J connectivity index is 3.50. The molecule has 0 aromatic carbocycles. The van der Waals surface area contributed by atoms with Gasteiger partial charge in [-0.05, 0) is 31.8 Å². The first kappa shape index (κ1) is 17.0. The number of allylic oxidation sites excluding steroid dienone is 12. The van der Waals surface area contributed by atoms with Gasteiger partial charge in [-0.15, -0.1) is 0 Å². The molecule has 0 amide bonds. The van der Waals surface area contributed by atoms with Crippen molar-refractivity contribution in [2.45, 2.75) is 25.7 Å².